The Kier molecular flexibility index (Phi) is 7.66. The number of ether oxygens (including phenoxy) is 2. The number of hydrogen-bond acceptors (Lipinski definition) is 4. The normalized spacial score (nSPS) is 11.5. The van der Waals surface area contributed by atoms with Crippen molar-refractivity contribution in [1.29, 1.82) is 0 Å². The van der Waals surface area contributed by atoms with Gasteiger partial charge in [-0.05, 0) is 48.2 Å². The van der Waals surface area contributed by atoms with E-state index in [2.05, 4.69) is 35.1 Å². The fourth-order valence-electron chi connectivity index (χ4n) is 2.31. The van der Waals surface area contributed by atoms with E-state index >= 15 is 0 Å². The average molecular weight is 420 g/mol. The van der Waals surface area contributed by atoms with Crippen LogP contribution in [0.2, 0.25) is 0 Å². The lowest BCUT2D eigenvalue weighted by molar-refractivity contribution is -0.149. The van der Waals surface area contributed by atoms with E-state index in [9.17, 15) is 9.59 Å². The molecule has 2 rings (SSSR count). The van der Waals surface area contributed by atoms with Crippen LogP contribution in [-0.2, 0) is 14.3 Å². The highest BCUT2D eigenvalue weighted by Crippen LogP contribution is 2.26. The van der Waals surface area contributed by atoms with Gasteiger partial charge in [0.15, 0.2) is 13.2 Å². The number of benzene rings is 2. The van der Waals surface area contributed by atoms with E-state index in [4.69, 9.17) is 9.47 Å². The largest absolute Gasteiger partial charge is 0.482 e. The molecule has 0 saturated carbocycles. The van der Waals surface area contributed by atoms with Crippen molar-refractivity contribution >= 4 is 33.5 Å². The summed E-state index contributed by atoms with van der Waals surface area (Å²) in [4.78, 5) is 23.8. The smallest absolute Gasteiger partial charge is 0.344 e. The van der Waals surface area contributed by atoms with Crippen molar-refractivity contribution in [2.75, 3.05) is 18.5 Å². The molecule has 0 radical (unpaired) electrons. The van der Waals surface area contributed by atoms with Gasteiger partial charge in [-0.1, -0.05) is 48.0 Å². The maximum absolute atomic E-state index is 12.1. The van der Waals surface area contributed by atoms with Gasteiger partial charge in [-0.25, -0.2) is 4.79 Å². The van der Waals surface area contributed by atoms with Crippen LogP contribution in [0.4, 0.5) is 5.69 Å². The van der Waals surface area contributed by atoms with Crippen molar-refractivity contribution in [3.63, 3.8) is 0 Å². The third-order valence-electron chi connectivity index (χ3n) is 3.91. The molecule has 0 spiro atoms. The van der Waals surface area contributed by atoms with Gasteiger partial charge in [-0.3, -0.25) is 4.79 Å². The van der Waals surface area contributed by atoms with Gasteiger partial charge in [0.25, 0.3) is 5.91 Å². The number of esters is 1. The minimum absolute atomic E-state index is 0.252. The number of rotatable bonds is 8. The Labute approximate surface area is 161 Å². The molecule has 0 fully saturated rings. The van der Waals surface area contributed by atoms with E-state index in [1.54, 1.807) is 12.1 Å². The molecule has 0 bridgehead atoms. The molecule has 0 aliphatic rings. The van der Waals surface area contributed by atoms with E-state index in [0.717, 1.165) is 22.1 Å². The van der Waals surface area contributed by atoms with Crippen LogP contribution in [0.25, 0.3) is 0 Å². The monoisotopic (exact) mass is 419 g/mol. The number of carbonyl (C=O) groups is 2. The first-order valence-corrected chi connectivity index (χ1v) is 9.21. The van der Waals surface area contributed by atoms with Gasteiger partial charge in [-0.2, -0.15) is 0 Å². The van der Waals surface area contributed by atoms with Crippen LogP contribution >= 0.6 is 15.9 Å². The van der Waals surface area contributed by atoms with Crippen LogP contribution in [0.1, 0.15) is 31.7 Å². The Morgan fingerprint density at radius 3 is 2.46 bits per heavy atom. The van der Waals surface area contributed by atoms with Gasteiger partial charge in [0.1, 0.15) is 5.75 Å². The molecule has 1 N–H and O–H groups in total. The van der Waals surface area contributed by atoms with E-state index < -0.39 is 5.97 Å². The SMILES string of the molecule is CC[C@@H](C)c1ccccc1NC(=O)COC(=O)COc1ccc(Br)cc1. The first-order valence-electron chi connectivity index (χ1n) is 8.42. The molecule has 0 heterocycles. The molecule has 0 unspecified atom stereocenters. The second-order valence-electron chi connectivity index (χ2n) is 5.85. The maximum Gasteiger partial charge on any atom is 0.344 e. The summed E-state index contributed by atoms with van der Waals surface area (Å²) in [6.45, 7) is 3.59. The van der Waals surface area contributed by atoms with E-state index in [1.165, 1.54) is 0 Å². The lowest BCUT2D eigenvalue weighted by Crippen LogP contribution is -2.24. The Hall–Kier alpha value is -2.34. The highest BCUT2D eigenvalue weighted by Gasteiger charge is 2.13. The maximum atomic E-state index is 12.1. The summed E-state index contributed by atoms with van der Waals surface area (Å²) in [7, 11) is 0. The van der Waals surface area contributed by atoms with Crippen molar-refractivity contribution in [2.24, 2.45) is 0 Å². The van der Waals surface area contributed by atoms with Gasteiger partial charge in [0.05, 0.1) is 0 Å². The molecule has 0 aliphatic carbocycles. The van der Waals surface area contributed by atoms with E-state index in [-0.39, 0.29) is 19.1 Å². The molecular formula is C20H22BrNO4. The van der Waals surface area contributed by atoms with Gasteiger partial charge < -0.3 is 14.8 Å². The number of carbonyl (C=O) groups excluding carboxylic acids is 2. The summed E-state index contributed by atoms with van der Waals surface area (Å²) in [5, 5.41) is 2.80. The standard InChI is InChI=1S/C20H22BrNO4/c1-3-14(2)17-6-4-5-7-18(17)22-19(23)12-26-20(24)13-25-16-10-8-15(21)9-11-16/h4-11,14H,3,12-13H2,1-2H3,(H,22,23)/t14-/m1/s1. The molecular weight excluding hydrogens is 398 g/mol. The minimum atomic E-state index is -0.599. The highest BCUT2D eigenvalue weighted by atomic mass is 79.9. The number of hydrogen-bond donors (Lipinski definition) is 1. The van der Waals surface area contributed by atoms with Gasteiger partial charge in [0.2, 0.25) is 0 Å². The third kappa shape index (κ3) is 6.19. The molecule has 5 nitrogen and oxygen atoms in total. The minimum Gasteiger partial charge on any atom is -0.482 e. The van der Waals surface area contributed by atoms with Crippen molar-refractivity contribution in [3.8, 4) is 5.75 Å². The summed E-state index contributed by atoms with van der Waals surface area (Å²) in [6.07, 6.45) is 0.968. The van der Waals surface area contributed by atoms with Crippen molar-refractivity contribution in [1.82, 2.24) is 0 Å². The zero-order chi connectivity index (χ0) is 18.9. The zero-order valence-electron chi connectivity index (χ0n) is 14.8. The molecule has 0 aliphatic heterocycles. The molecule has 0 aromatic heterocycles. The summed E-state index contributed by atoms with van der Waals surface area (Å²) < 4.78 is 11.2. The second-order valence-corrected chi connectivity index (χ2v) is 6.76. The lowest BCUT2D eigenvalue weighted by atomic mass is 9.97. The zero-order valence-corrected chi connectivity index (χ0v) is 16.4. The van der Waals surface area contributed by atoms with Crippen LogP contribution in [0.5, 0.6) is 5.75 Å². The third-order valence-corrected chi connectivity index (χ3v) is 4.44. The Morgan fingerprint density at radius 1 is 1.08 bits per heavy atom. The van der Waals surface area contributed by atoms with Gasteiger partial charge in [0, 0.05) is 10.2 Å². The first kappa shape index (κ1) is 20.0. The number of anilines is 1. The van der Waals surface area contributed by atoms with Crippen LogP contribution in [-0.4, -0.2) is 25.1 Å². The predicted octanol–water partition coefficient (Wildman–Crippen LogP) is 4.52. The van der Waals surface area contributed by atoms with Crippen molar-refractivity contribution in [2.45, 2.75) is 26.2 Å². The molecule has 1 amide bonds. The van der Waals surface area contributed by atoms with E-state index in [1.807, 2.05) is 36.4 Å². The fourth-order valence-corrected chi connectivity index (χ4v) is 2.57. The number of para-hydroxylation sites is 1. The first-order chi connectivity index (χ1) is 12.5. The molecule has 6 heteroatoms. The highest BCUT2D eigenvalue weighted by molar-refractivity contribution is 9.10. The van der Waals surface area contributed by atoms with Gasteiger partial charge in [-0.15, -0.1) is 0 Å². The summed E-state index contributed by atoms with van der Waals surface area (Å²) in [6, 6.07) is 14.7. The van der Waals surface area contributed by atoms with Crippen LogP contribution in [0.15, 0.2) is 53.0 Å². The summed E-state index contributed by atoms with van der Waals surface area (Å²) in [5.41, 5.74) is 1.81. The predicted molar refractivity (Wildman–Crippen MR) is 104 cm³/mol. The molecule has 138 valence electrons. The number of amides is 1. The molecule has 26 heavy (non-hydrogen) atoms. The number of nitrogens with one attached hydrogen (secondary N) is 1. The van der Waals surface area contributed by atoms with Crippen LogP contribution in [0, 0.1) is 0 Å². The topological polar surface area (TPSA) is 64.6 Å². The van der Waals surface area contributed by atoms with Gasteiger partial charge >= 0.3 is 5.97 Å². The summed E-state index contributed by atoms with van der Waals surface area (Å²) >= 11 is 3.32. The molecule has 2 aromatic rings. The lowest BCUT2D eigenvalue weighted by Gasteiger charge is -2.15. The van der Waals surface area contributed by atoms with E-state index in [0.29, 0.717) is 11.7 Å². The van der Waals surface area contributed by atoms with Crippen LogP contribution in [0.3, 0.4) is 0 Å². The van der Waals surface area contributed by atoms with Crippen molar-refractivity contribution < 1.29 is 19.1 Å². The Bertz CT molecular complexity index is 746. The quantitative estimate of drug-likeness (QED) is 0.638. The second kappa shape index (κ2) is 9.97. The fraction of sp³-hybridized carbons (Fsp3) is 0.300. The molecule has 0 saturated heterocycles. The Morgan fingerprint density at radius 2 is 1.77 bits per heavy atom. The average Bonchev–Trinajstić information content (AvgIpc) is 2.65. The molecule has 1 atom stereocenters. The molecule has 2 aromatic carbocycles. The summed E-state index contributed by atoms with van der Waals surface area (Å²) in [5.74, 6) is -0.0959. The Balaban J connectivity index is 1.79. The number of halogens is 1. The van der Waals surface area contributed by atoms with Crippen LogP contribution < -0.4 is 10.1 Å². The van der Waals surface area contributed by atoms with Crippen molar-refractivity contribution in [3.05, 3.63) is 58.6 Å².